The van der Waals surface area contributed by atoms with Gasteiger partial charge in [-0.3, -0.25) is 0 Å². The van der Waals surface area contributed by atoms with E-state index in [1.807, 2.05) is 0 Å². The molecule has 0 amide bonds. The minimum absolute atomic E-state index is 0.457. The third-order valence-corrected chi connectivity index (χ3v) is 6.15. The summed E-state index contributed by atoms with van der Waals surface area (Å²) in [6.45, 7) is 11.4. The molecule has 0 atom stereocenters. The van der Waals surface area contributed by atoms with E-state index in [4.69, 9.17) is 0 Å². The minimum Gasteiger partial charge on any atom is -0.311 e. The molecule has 0 aliphatic rings. The lowest BCUT2D eigenvalue weighted by molar-refractivity contribution is -0.660. The third kappa shape index (κ3) is 3.95. The third-order valence-electron chi connectivity index (χ3n) is 6.15. The van der Waals surface area contributed by atoms with E-state index in [1.165, 1.54) is 44.9 Å². The highest BCUT2D eigenvalue weighted by Crippen LogP contribution is 2.35. The number of hydrogen-bond donors (Lipinski definition) is 0. The molecule has 2 nitrogen and oxygen atoms in total. The van der Waals surface area contributed by atoms with Crippen LogP contribution in [0.15, 0.2) is 79.1 Å². The van der Waals surface area contributed by atoms with Crippen LogP contribution in [0.2, 0.25) is 0 Å². The highest BCUT2D eigenvalue weighted by atomic mass is 15.0. The molecule has 0 radical (unpaired) electrons. The van der Waals surface area contributed by atoms with E-state index in [2.05, 4.69) is 130 Å². The number of hydrogen-bond acceptors (Lipinski definition) is 0. The van der Waals surface area contributed by atoms with Crippen molar-refractivity contribution in [2.75, 3.05) is 0 Å². The summed E-state index contributed by atoms with van der Waals surface area (Å²) < 4.78 is 4.67. The molecule has 0 aliphatic heterocycles. The molecule has 0 saturated heterocycles. The van der Waals surface area contributed by atoms with Gasteiger partial charge in [0.05, 0.1) is 5.69 Å². The maximum absolute atomic E-state index is 2.41. The van der Waals surface area contributed by atoms with Crippen molar-refractivity contribution in [2.24, 2.45) is 7.05 Å². The Labute approximate surface area is 186 Å². The number of benzene rings is 2. The zero-order valence-electron chi connectivity index (χ0n) is 19.6. The Bertz CT molecular complexity index is 1170. The first-order valence-corrected chi connectivity index (χ1v) is 11.2. The normalized spacial score (nSPS) is 11.5. The Balaban J connectivity index is 1.92. The smallest absolute Gasteiger partial charge is 0.229 e. The lowest BCUT2D eigenvalue weighted by Gasteiger charge is -2.22. The van der Waals surface area contributed by atoms with Gasteiger partial charge in [0.2, 0.25) is 5.69 Å². The molecule has 31 heavy (non-hydrogen) atoms. The van der Waals surface area contributed by atoms with Crippen molar-refractivity contribution in [3.63, 3.8) is 0 Å². The lowest BCUT2D eigenvalue weighted by atomic mass is 9.92. The first-order chi connectivity index (χ1) is 14.9. The summed E-state index contributed by atoms with van der Waals surface area (Å²) in [6, 6.07) is 24.1. The van der Waals surface area contributed by atoms with Gasteiger partial charge in [-0.05, 0) is 53.1 Å². The van der Waals surface area contributed by atoms with Crippen LogP contribution in [0.25, 0.3) is 28.2 Å². The molecular formula is C29H33N2+. The summed E-state index contributed by atoms with van der Waals surface area (Å²) in [5, 5.41) is 0. The summed E-state index contributed by atoms with van der Waals surface area (Å²) in [5.41, 5.74) is 10.4. The minimum atomic E-state index is 0.457. The molecule has 0 saturated carbocycles. The highest BCUT2D eigenvalue weighted by Gasteiger charge is 2.23. The van der Waals surface area contributed by atoms with Gasteiger partial charge in [0.1, 0.15) is 12.7 Å². The molecular weight excluding hydrogens is 376 g/mol. The fraction of sp³-hybridized carbons (Fsp3) is 0.276. The van der Waals surface area contributed by atoms with Gasteiger partial charge in [-0.15, -0.1) is 0 Å². The lowest BCUT2D eigenvalue weighted by Crippen LogP contribution is -2.31. The fourth-order valence-corrected chi connectivity index (χ4v) is 4.49. The van der Waals surface area contributed by atoms with Crippen LogP contribution in [0, 0.1) is 6.92 Å². The second kappa shape index (κ2) is 8.55. The van der Waals surface area contributed by atoms with E-state index in [9.17, 15) is 0 Å². The first kappa shape index (κ1) is 21.1. The van der Waals surface area contributed by atoms with E-state index in [0.29, 0.717) is 11.8 Å². The van der Waals surface area contributed by atoms with Gasteiger partial charge in [-0.1, -0.05) is 76.2 Å². The second-order valence-corrected chi connectivity index (χ2v) is 9.09. The molecule has 0 aliphatic carbocycles. The summed E-state index contributed by atoms with van der Waals surface area (Å²) in [7, 11) is 2.15. The van der Waals surface area contributed by atoms with Crippen molar-refractivity contribution in [2.45, 2.75) is 46.5 Å². The Morgan fingerprint density at radius 2 is 1.35 bits per heavy atom. The fourth-order valence-electron chi connectivity index (χ4n) is 4.49. The second-order valence-electron chi connectivity index (χ2n) is 9.09. The van der Waals surface area contributed by atoms with Crippen molar-refractivity contribution < 1.29 is 4.57 Å². The summed E-state index contributed by atoms with van der Waals surface area (Å²) in [6.07, 6.45) is 4.47. The van der Waals surface area contributed by atoms with Crippen LogP contribution < -0.4 is 4.57 Å². The van der Waals surface area contributed by atoms with Crippen molar-refractivity contribution in [3.05, 3.63) is 95.8 Å². The highest BCUT2D eigenvalue weighted by molar-refractivity contribution is 5.67. The predicted octanol–water partition coefficient (Wildman–Crippen LogP) is 7.19. The largest absolute Gasteiger partial charge is 0.311 e. The van der Waals surface area contributed by atoms with E-state index >= 15 is 0 Å². The SMILES string of the molecule is Cc1ccn(-c2c(C(C)C)cccc2C(C)C)c1-c1ccc(-c2ccccc2)c[n+]1C. The van der Waals surface area contributed by atoms with Crippen LogP contribution in [0.1, 0.15) is 56.2 Å². The van der Waals surface area contributed by atoms with Crippen LogP contribution in [-0.4, -0.2) is 4.57 Å². The average molecular weight is 410 g/mol. The molecule has 2 heterocycles. The van der Waals surface area contributed by atoms with Crippen LogP contribution in [0.3, 0.4) is 0 Å². The molecule has 4 aromatic rings. The number of aryl methyl sites for hydroxylation is 2. The summed E-state index contributed by atoms with van der Waals surface area (Å²) >= 11 is 0. The molecule has 0 fully saturated rings. The van der Waals surface area contributed by atoms with Crippen LogP contribution in [-0.2, 0) is 7.05 Å². The van der Waals surface area contributed by atoms with Gasteiger partial charge in [-0.25, -0.2) is 0 Å². The monoisotopic (exact) mass is 409 g/mol. The Morgan fingerprint density at radius 3 is 1.94 bits per heavy atom. The molecule has 2 heteroatoms. The molecule has 0 bridgehead atoms. The first-order valence-electron chi connectivity index (χ1n) is 11.2. The summed E-state index contributed by atoms with van der Waals surface area (Å²) in [4.78, 5) is 0. The van der Waals surface area contributed by atoms with E-state index in [0.717, 1.165) is 0 Å². The van der Waals surface area contributed by atoms with Gasteiger partial charge in [0, 0.05) is 17.8 Å². The Kier molecular flexibility index (Phi) is 5.82. The standard InChI is InChI=1S/C29H33N2/c1-20(2)25-13-10-14-26(21(3)4)29(25)31-18-17-22(5)28(31)27-16-15-24(19-30(27)6)23-11-8-7-9-12-23/h7-21H,1-6H3/q+1. The molecule has 158 valence electrons. The number of pyridine rings is 1. The van der Waals surface area contributed by atoms with Gasteiger partial charge in [-0.2, -0.15) is 4.57 Å². The van der Waals surface area contributed by atoms with Crippen LogP contribution >= 0.6 is 0 Å². The molecule has 4 rings (SSSR count). The maximum atomic E-state index is 2.41. The predicted molar refractivity (Wildman–Crippen MR) is 131 cm³/mol. The van der Waals surface area contributed by atoms with Gasteiger partial charge >= 0.3 is 0 Å². The molecule has 0 N–H and O–H groups in total. The molecule has 2 aromatic carbocycles. The van der Waals surface area contributed by atoms with E-state index in [1.54, 1.807) is 0 Å². The molecule has 0 spiro atoms. The van der Waals surface area contributed by atoms with Crippen molar-refractivity contribution >= 4 is 0 Å². The Morgan fingerprint density at radius 1 is 0.710 bits per heavy atom. The van der Waals surface area contributed by atoms with E-state index < -0.39 is 0 Å². The van der Waals surface area contributed by atoms with Gasteiger partial charge < -0.3 is 4.57 Å². The maximum Gasteiger partial charge on any atom is 0.229 e. The van der Waals surface area contributed by atoms with Crippen molar-refractivity contribution in [1.82, 2.24) is 4.57 Å². The summed E-state index contributed by atoms with van der Waals surface area (Å²) in [5.74, 6) is 0.914. The van der Waals surface area contributed by atoms with Crippen molar-refractivity contribution in [3.8, 4) is 28.2 Å². The van der Waals surface area contributed by atoms with Crippen LogP contribution in [0.4, 0.5) is 0 Å². The zero-order valence-corrected chi connectivity index (χ0v) is 19.6. The van der Waals surface area contributed by atoms with Gasteiger partial charge in [0.15, 0.2) is 6.20 Å². The topological polar surface area (TPSA) is 8.81 Å². The molecule has 0 unspecified atom stereocenters. The molecule has 2 aromatic heterocycles. The van der Waals surface area contributed by atoms with Crippen molar-refractivity contribution in [1.29, 1.82) is 0 Å². The van der Waals surface area contributed by atoms with E-state index in [-0.39, 0.29) is 0 Å². The number of nitrogens with zero attached hydrogens (tertiary/aromatic N) is 2. The zero-order chi connectivity index (χ0) is 22.1. The van der Waals surface area contributed by atoms with Gasteiger partial charge in [0.25, 0.3) is 0 Å². The number of para-hydroxylation sites is 1. The Hall–Kier alpha value is -3.13. The average Bonchev–Trinajstić information content (AvgIpc) is 3.14. The number of aromatic nitrogens is 2. The quantitative estimate of drug-likeness (QED) is 0.308. The van der Waals surface area contributed by atoms with Crippen LogP contribution in [0.5, 0.6) is 0 Å². The number of rotatable bonds is 5.